The lowest BCUT2D eigenvalue weighted by Crippen LogP contribution is -2.36. The number of rotatable bonds is 12. The summed E-state index contributed by atoms with van der Waals surface area (Å²) < 4.78 is 28.1. The number of hydrogen-bond acceptors (Lipinski definition) is 10. The van der Waals surface area contributed by atoms with E-state index in [4.69, 9.17) is 20.9 Å². The highest BCUT2D eigenvalue weighted by atomic mass is 32.1. The lowest BCUT2D eigenvalue weighted by molar-refractivity contribution is -0.146. The van der Waals surface area contributed by atoms with E-state index in [2.05, 4.69) is 15.4 Å². The number of pyridine rings is 1. The third kappa shape index (κ3) is 6.23. The zero-order chi connectivity index (χ0) is 29.1. The molecule has 5 N–H and O–H groups in total. The summed E-state index contributed by atoms with van der Waals surface area (Å²) >= 11 is 1.38. The summed E-state index contributed by atoms with van der Waals surface area (Å²) in [6.07, 6.45) is 6.27. The summed E-state index contributed by atoms with van der Waals surface area (Å²) in [5.74, 6) is -2.19. The molecule has 212 valence electrons. The fourth-order valence-corrected chi connectivity index (χ4v) is 5.01. The van der Waals surface area contributed by atoms with Gasteiger partial charge in [0.15, 0.2) is 11.6 Å². The molecule has 5 rings (SSSR count). The SMILES string of the molecule is NC(=O)CC(N)C(=O)OCCn1cc(-c2cc3nccc(Oc4ccc(NC(=O)C5(C=O)CC5)cc4F)c3s2)cn1. The highest BCUT2D eigenvalue weighted by Crippen LogP contribution is 2.44. The van der Waals surface area contributed by atoms with E-state index in [1.807, 2.05) is 6.07 Å². The minimum atomic E-state index is -1.11. The molecule has 1 saturated carbocycles. The molecule has 1 fully saturated rings. The van der Waals surface area contributed by atoms with Crippen LogP contribution in [0.15, 0.2) is 48.9 Å². The summed E-state index contributed by atoms with van der Waals surface area (Å²) in [5, 5.41) is 6.87. The Morgan fingerprint density at radius 1 is 1.22 bits per heavy atom. The second kappa shape index (κ2) is 11.4. The molecule has 0 saturated heterocycles. The van der Waals surface area contributed by atoms with Gasteiger partial charge in [0.2, 0.25) is 11.8 Å². The van der Waals surface area contributed by atoms with Gasteiger partial charge >= 0.3 is 5.97 Å². The van der Waals surface area contributed by atoms with Crippen LogP contribution in [0.1, 0.15) is 19.3 Å². The van der Waals surface area contributed by atoms with Gasteiger partial charge in [0, 0.05) is 40.7 Å². The van der Waals surface area contributed by atoms with E-state index < -0.39 is 35.1 Å². The number of nitrogens with one attached hydrogen (secondary N) is 1. The Morgan fingerprint density at radius 2 is 2.02 bits per heavy atom. The molecule has 1 aliphatic rings. The van der Waals surface area contributed by atoms with Gasteiger partial charge in [-0.15, -0.1) is 11.3 Å². The van der Waals surface area contributed by atoms with Crippen molar-refractivity contribution in [3.05, 3.63) is 54.7 Å². The molecule has 0 radical (unpaired) electrons. The summed E-state index contributed by atoms with van der Waals surface area (Å²) in [6, 6.07) is 6.42. The first kappa shape index (κ1) is 27.9. The van der Waals surface area contributed by atoms with Crippen LogP contribution in [-0.4, -0.2) is 51.5 Å². The predicted molar refractivity (Wildman–Crippen MR) is 146 cm³/mol. The fraction of sp³-hybridized carbons (Fsp3) is 0.259. The Balaban J connectivity index is 1.25. The first-order valence-corrected chi connectivity index (χ1v) is 13.4. The molecule has 1 atom stereocenters. The van der Waals surface area contributed by atoms with Gasteiger partial charge in [-0.3, -0.25) is 24.0 Å². The number of hydrogen-bond donors (Lipinski definition) is 3. The van der Waals surface area contributed by atoms with Crippen molar-refractivity contribution in [3.8, 4) is 21.9 Å². The maximum Gasteiger partial charge on any atom is 0.323 e. The molecular formula is C27H25FN6O6S. The van der Waals surface area contributed by atoms with Crippen molar-refractivity contribution in [2.24, 2.45) is 16.9 Å². The number of benzene rings is 1. The van der Waals surface area contributed by atoms with E-state index >= 15 is 0 Å². The number of ether oxygens (including phenoxy) is 2. The Labute approximate surface area is 236 Å². The van der Waals surface area contributed by atoms with E-state index in [1.165, 1.54) is 23.5 Å². The second-order valence-electron chi connectivity index (χ2n) is 9.55. The van der Waals surface area contributed by atoms with Crippen molar-refractivity contribution in [2.75, 3.05) is 11.9 Å². The van der Waals surface area contributed by atoms with Crippen molar-refractivity contribution in [1.29, 1.82) is 0 Å². The molecule has 41 heavy (non-hydrogen) atoms. The van der Waals surface area contributed by atoms with Crippen molar-refractivity contribution in [3.63, 3.8) is 0 Å². The van der Waals surface area contributed by atoms with Gasteiger partial charge in [-0.1, -0.05) is 0 Å². The zero-order valence-electron chi connectivity index (χ0n) is 21.5. The van der Waals surface area contributed by atoms with Gasteiger partial charge in [-0.2, -0.15) is 5.10 Å². The Morgan fingerprint density at radius 3 is 2.73 bits per heavy atom. The van der Waals surface area contributed by atoms with Gasteiger partial charge in [-0.05, 0) is 31.0 Å². The van der Waals surface area contributed by atoms with Crippen molar-refractivity contribution in [1.82, 2.24) is 14.8 Å². The maximum absolute atomic E-state index is 14.9. The number of aromatic nitrogens is 3. The number of primary amides is 1. The smallest absolute Gasteiger partial charge is 0.323 e. The van der Waals surface area contributed by atoms with E-state index in [9.17, 15) is 23.6 Å². The highest BCUT2D eigenvalue weighted by molar-refractivity contribution is 7.22. The van der Waals surface area contributed by atoms with Crippen molar-refractivity contribution in [2.45, 2.75) is 31.8 Å². The first-order valence-electron chi connectivity index (χ1n) is 12.5. The summed E-state index contributed by atoms with van der Waals surface area (Å²) in [4.78, 5) is 51.4. The summed E-state index contributed by atoms with van der Waals surface area (Å²) in [6.45, 7) is 0.267. The summed E-state index contributed by atoms with van der Waals surface area (Å²) in [7, 11) is 0. The number of amides is 2. The van der Waals surface area contributed by atoms with Crippen molar-refractivity contribution >= 4 is 51.3 Å². The van der Waals surface area contributed by atoms with E-state index in [1.54, 1.807) is 29.3 Å². The Bertz CT molecular complexity index is 1650. The number of nitrogens with zero attached hydrogens (tertiary/aromatic N) is 3. The minimum Gasteiger partial charge on any atom is -0.463 e. The van der Waals surface area contributed by atoms with Crippen LogP contribution < -0.4 is 21.5 Å². The van der Waals surface area contributed by atoms with Crippen LogP contribution in [0.4, 0.5) is 10.1 Å². The fourth-order valence-electron chi connectivity index (χ4n) is 3.97. The average Bonchev–Trinajstić information content (AvgIpc) is 3.39. The second-order valence-corrected chi connectivity index (χ2v) is 10.6. The average molecular weight is 581 g/mol. The number of anilines is 1. The van der Waals surface area contributed by atoms with E-state index in [0.717, 1.165) is 16.5 Å². The highest BCUT2D eigenvalue weighted by Gasteiger charge is 2.50. The van der Waals surface area contributed by atoms with Crippen LogP contribution in [0.3, 0.4) is 0 Å². The van der Waals surface area contributed by atoms with Crippen LogP contribution in [0, 0.1) is 11.2 Å². The molecule has 1 aromatic carbocycles. The molecular weight excluding hydrogens is 555 g/mol. The number of carbonyl (C=O) groups excluding carboxylic acids is 4. The van der Waals surface area contributed by atoms with Crippen molar-refractivity contribution < 1.29 is 33.0 Å². The predicted octanol–water partition coefficient (Wildman–Crippen LogP) is 2.75. The van der Waals surface area contributed by atoms with Crippen LogP contribution in [-0.2, 0) is 30.5 Å². The molecule has 2 amide bonds. The lowest BCUT2D eigenvalue weighted by atomic mass is 10.1. The molecule has 1 aliphatic carbocycles. The quantitative estimate of drug-likeness (QED) is 0.129. The molecule has 14 heteroatoms. The molecule has 3 heterocycles. The Kier molecular flexibility index (Phi) is 7.77. The lowest BCUT2D eigenvalue weighted by Gasteiger charge is -2.11. The van der Waals surface area contributed by atoms with E-state index in [-0.39, 0.29) is 31.0 Å². The largest absolute Gasteiger partial charge is 0.463 e. The minimum absolute atomic E-state index is 0.00433. The van der Waals surface area contributed by atoms with Gasteiger partial charge in [0.1, 0.15) is 30.1 Å². The number of esters is 1. The maximum atomic E-state index is 14.9. The van der Waals surface area contributed by atoms with Crippen LogP contribution in [0.5, 0.6) is 11.5 Å². The van der Waals surface area contributed by atoms with Crippen LogP contribution in [0.2, 0.25) is 0 Å². The third-order valence-electron chi connectivity index (χ3n) is 6.46. The number of aldehydes is 1. The van der Waals surface area contributed by atoms with Crippen LogP contribution >= 0.6 is 11.3 Å². The normalized spacial score (nSPS) is 14.3. The van der Waals surface area contributed by atoms with Gasteiger partial charge in [0.25, 0.3) is 0 Å². The number of fused-ring (bicyclic) bond motifs is 1. The molecule has 12 nitrogen and oxygen atoms in total. The molecule has 3 aromatic heterocycles. The number of nitrogens with two attached hydrogens (primary N) is 2. The summed E-state index contributed by atoms with van der Waals surface area (Å²) in [5.41, 5.74) is 11.3. The number of carbonyl (C=O) groups is 4. The third-order valence-corrected chi connectivity index (χ3v) is 7.65. The van der Waals surface area contributed by atoms with E-state index in [0.29, 0.717) is 35.1 Å². The van der Waals surface area contributed by atoms with Gasteiger partial charge in [0.05, 0.1) is 29.4 Å². The van der Waals surface area contributed by atoms with Gasteiger partial charge < -0.3 is 31.1 Å². The van der Waals surface area contributed by atoms with Crippen LogP contribution in [0.25, 0.3) is 20.7 Å². The molecule has 0 bridgehead atoms. The standard InChI is InChI=1S/C27H25FN6O6S/c28-17-9-16(33-26(38)27(14-35)4-5-27)1-2-20(17)40-21-3-6-31-19-11-22(41-24(19)21)15-12-32-34(13-15)7-8-39-25(37)18(29)10-23(30)36/h1-3,6,9,11-14,18H,4-5,7-8,10,29H2,(H2,30,36)(H,33,38). The topological polar surface area (TPSA) is 182 Å². The zero-order valence-corrected chi connectivity index (χ0v) is 22.4. The molecule has 0 spiro atoms. The monoisotopic (exact) mass is 580 g/mol. The number of thiophene rings is 1. The Hall–Kier alpha value is -4.69. The first-order chi connectivity index (χ1) is 19.7. The molecule has 0 aliphatic heterocycles. The van der Waals surface area contributed by atoms with Gasteiger partial charge in [-0.25, -0.2) is 4.39 Å². The molecule has 1 unspecified atom stereocenters. The number of halogens is 1. The molecule has 4 aromatic rings.